The van der Waals surface area contributed by atoms with Gasteiger partial charge in [0, 0.05) is 11.0 Å². The second-order valence-electron chi connectivity index (χ2n) is 2.21. The maximum Gasteiger partial charge on any atom is 0.142 e. The average molecular weight is 229 g/mol. The second kappa shape index (κ2) is 3.65. The van der Waals surface area contributed by atoms with E-state index < -0.39 is 5.82 Å². The topological polar surface area (TPSA) is 49.8 Å². The van der Waals surface area contributed by atoms with Crippen molar-refractivity contribution in [1.29, 1.82) is 5.26 Å². The lowest BCUT2D eigenvalue weighted by Gasteiger charge is -2.02. The fraction of sp³-hybridized carbons (Fsp3) is 0.125. The summed E-state index contributed by atoms with van der Waals surface area (Å²) in [6.45, 7) is 0.287. The van der Waals surface area contributed by atoms with Crippen LogP contribution in [0.3, 0.4) is 0 Å². The first-order chi connectivity index (χ1) is 5.70. The van der Waals surface area contributed by atoms with E-state index in [0.717, 1.165) is 5.56 Å². The van der Waals surface area contributed by atoms with Crippen LogP contribution >= 0.6 is 15.9 Å². The summed E-state index contributed by atoms with van der Waals surface area (Å²) in [7, 11) is 0. The number of nitrogens with zero attached hydrogens (tertiary/aromatic N) is 1. The van der Waals surface area contributed by atoms with Crippen molar-refractivity contribution < 1.29 is 4.39 Å². The zero-order chi connectivity index (χ0) is 9.14. The molecule has 0 fully saturated rings. The number of rotatable bonds is 1. The summed E-state index contributed by atoms with van der Waals surface area (Å²) in [6.07, 6.45) is 0. The Kier molecular flexibility index (Phi) is 2.79. The van der Waals surface area contributed by atoms with Gasteiger partial charge in [-0.25, -0.2) is 4.39 Å². The molecule has 4 heteroatoms. The molecule has 2 N–H and O–H groups in total. The van der Waals surface area contributed by atoms with Gasteiger partial charge in [0.05, 0.1) is 0 Å². The Balaban J connectivity index is 3.36. The van der Waals surface area contributed by atoms with Crippen LogP contribution in [0.4, 0.5) is 4.39 Å². The van der Waals surface area contributed by atoms with Gasteiger partial charge in [-0.1, -0.05) is 6.07 Å². The summed E-state index contributed by atoms with van der Waals surface area (Å²) < 4.78 is 13.3. The number of hydrogen-bond donors (Lipinski definition) is 1. The smallest absolute Gasteiger partial charge is 0.142 e. The molecule has 12 heavy (non-hydrogen) atoms. The Morgan fingerprint density at radius 3 is 2.75 bits per heavy atom. The minimum absolute atomic E-state index is 0.0120. The molecule has 0 radical (unpaired) electrons. The van der Waals surface area contributed by atoms with Crippen molar-refractivity contribution in [3.05, 3.63) is 33.5 Å². The molecule has 0 aliphatic rings. The Morgan fingerprint density at radius 1 is 1.58 bits per heavy atom. The molecule has 1 rings (SSSR count). The van der Waals surface area contributed by atoms with Crippen LogP contribution in [0, 0.1) is 17.1 Å². The average Bonchev–Trinajstić information content (AvgIpc) is 2.06. The van der Waals surface area contributed by atoms with E-state index in [-0.39, 0.29) is 12.1 Å². The van der Waals surface area contributed by atoms with E-state index in [1.54, 1.807) is 12.1 Å². The van der Waals surface area contributed by atoms with Gasteiger partial charge in [-0.3, -0.25) is 0 Å². The molecule has 62 valence electrons. The fourth-order valence-electron chi connectivity index (χ4n) is 0.856. The van der Waals surface area contributed by atoms with Gasteiger partial charge in [0.25, 0.3) is 0 Å². The van der Waals surface area contributed by atoms with E-state index in [1.807, 2.05) is 0 Å². The van der Waals surface area contributed by atoms with Gasteiger partial charge in [0.1, 0.15) is 17.4 Å². The molecular weight excluding hydrogens is 223 g/mol. The zero-order valence-electron chi connectivity index (χ0n) is 6.14. The van der Waals surface area contributed by atoms with E-state index in [4.69, 9.17) is 11.0 Å². The standard InChI is InChI=1S/C8H6BrFN2/c9-8-5(3-11)1-2-7(10)6(8)4-12/h1-2H,3,11H2. The highest BCUT2D eigenvalue weighted by Gasteiger charge is 2.09. The van der Waals surface area contributed by atoms with Gasteiger partial charge in [-0.15, -0.1) is 0 Å². The summed E-state index contributed by atoms with van der Waals surface area (Å²) in [4.78, 5) is 0. The molecule has 0 aliphatic carbocycles. The van der Waals surface area contributed by atoms with Crippen molar-refractivity contribution in [2.45, 2.75) is 6.54 Å². The summed E-state index contributed by atoms with van der Waals surface area (Å²) >= 11 is 3.11. The molecule has 0 aromatic heterocycles. The van der Waals surface area contributed by atoms with Crippen molar-refractivity contribution in [1.82, 2.24) is 0 Å². The van der Waals surface area contributed by atoms with Crippen LogP contribution < -0.4 is 5.73 Å². The van der Waals surface area contributed by atoms with Gasteiger partial charge in [-0.05, 0) is 27.6 Å². The molecule has 1 aromatic rings. The van der Waals surface area contributed by atoms with Gasteiger partial charge in [-0.2, -0.15) is 5.26 Å². The molecule has 0 aliphatic heterocycles. The third-order valence-corrected chi connectivity index (χ3v) is 2.41. The van der Waals surface area contributed by atoms with Gasteiger partial charge in [0.15, 0.2) is 0 Å². The number of nitrogens with two attached hydrogens (primary N) is 1. The third-order valence-electron chi connectivity index (χ3n) is 1.50. The summed E-state index contributed by atoms with van der Waals surface area (Å²) in [5, 5.41) is 8.56. The van der Waals surface area contributed by atoms with E-state index >= 15 is 0 Å². The summed E-state index contributed by atoms with van der Waals surface area (Å²) in [6, 6.07) is 4.56. The molecule has 0 unspecified atom stereocenters. The molecule has 0 spiro atoms. The normalized spacial score (nSPS) is 9.50. The molecule has 0 saturated carbocycles. The van der Waals surface area contributed by atoms with Gasteiger partial charge < -0.3 is 5.73 Å². The Labute approximate surface area is 77.9 Å². The van der Waals surface area contributed by atoms with Crippen molar-refractivity contribution in [3.63, 3.8) is 0 Å². The maximum atomic E-state index is 12.9. The highest BCUT2D eigenvalue weighted by atomic mass is 79.9. The molecule has 0 bridgehead atoms. The molecule has 0 atom stereocenters. The van der Waals surface area contributed by atoms with Crippen LogP contribution in [0.15, 0.2) is 16.6 Å². The quantitative estimate of drug-likeness (QED) is 0.799. The molecule has 0 amide bonds. The number of benzene rings is 1. The molecule has 1 aromatic carbocycles. The second-order valence-corrected chi connectivity index (χ2v) is 3.00. The fourth-order valence-corrected chi connectivity index (χ4v) is 1.43. The minimum atomic E-state index is -0.526. The zero-order valence-corrected chi connectivity index (χ0v) is 7.73. The van der Waals surface area contributed by atoms with Crippen LogP contribution in [0.25, 0.3) is 0 Å². The van der Waals surface area contributed by atoms with Crippen LogP contribution in [-0.2, 0) is 6.54 Å². The predicted octanol–water partition coefficient (Wildman–Crippen LogP) is 1.92. The molecular formula is C8H6BrFN2. The van der Waals surface area contributed by atoms with Crippen molar-refractivity contribution in [2.75, 3.05) is 0 Å². The Morgan fingerprint density at radius 2 is 2.25 bits per heavy atom. The Bertz CT molecular complexity index is 344. The van der Waals surface area contributed by atoms with Crippen LogP contribution in [0.5, 0.6) is 0 Å². The molecule has 2 nitrogen and oxygen atoms in total. The van der Waals surface area contributed by atoms with Gasteiger partial charge >= 0.3 is 0 Å². The van der Waals surface area contributed by atoms with Crippen molar-refractivity contribution in [2.24, 2.45) is 5.73 Å². The first-order valence-electron chi connectivity index (χ1n) is 3.27. The summed E-state index contributed by atoms with van der Waals surface area (Å²) in [5.74, 6) is -0.526. The summed E-state index contributed by atoms with van der Waals surface area (Å²) in [5.41, 5.74) is 6.10. The number of halogens is 2. The number of hydrogen-bond acceptors (Lipinski definition) is 2. The maximum absolute atomic E-state index is 12.9. The van der Waals surface area contributed by atoms with Crippen LogP contribution in [0.2, 0.25) is 0 Å². The Hall–Kier alpha value is -0.920. The highest BCUT2D eigenvalue weighted by Crippen LogP contribution is 2.23. The highest BCUT2D eigenvalue weighted by molar-refractivity contribution is 9.10. The van der Waals surface area contributed by atoms with Crippen molar-refractivity contribution >= 4 is 15.9 Å². The number of nitriles is 1. The lowest BCUT2D eigenvalue weighted by molar-refractivity contribution is 0.622. The lowest BCUT2D eigenvalue weighted by atomic mass is 10.1. The van der Waals surface area contributed by atoms with Gasteiger partial charge in [0.2, 0.25) is 0 Å². The van der Waals surface area contributed by atoms with E-state index in [0.29, 0.717) is 4.47 Å². The van der Waals surface area contributed by atoms with E-state index in [9.17, 15) is 4.39 Å². The van der Waals surface area contributed by atoms with Crippen molar-refractivity contribution in [3.8, 4) is 6.07 Å². The lowest BCUT2D eigenvalue weighted by Crippen LogP contribution is -1.99. The van der Waals surface area contributed by atoms with Crippen LogP contribution in [0.1, 0.15) is 11.1 Å². The van der Waals surface area contributed by atoms with Crippen LogP contribution in [-0.4, -0.2) is 0 Å². The SMILES string of the molecule is N#Cc1c(F)ccc(CN)c1Br. The van der Waals surface area contributed by atoms with E-state index in [1.165, 1.54) is 6.07 Å². The molecule has 0 saturated heterocycles. The first kappa shape index (κ1) is 9.17. The monoisotopic (exact) mass is 228 g/mol. The molecule has 0 heterocycles. The predicted molar refractivity (Wildman–Crippen MR) is 46.7 cm³/mol. The third kappa shape index (κ3) is 1.47. The largest absolute Gasteiger partial charge is 0.326 e. The minimum Gasteiger partial charge on any atom is -0.326 e. The first-order valence-corrected chi connectivity index (χ1v) is 4.07. The van der Waals surface area contributed by atoms with E-state index in [2.05, 4.69) is 15.9 Å².